The number of carbonyl (C=O) groups is 2. The molecule has 98 valence electrons. The predicted octanol–water partition coefficient (Wildman–Crippen LogP) is 0.682. The fourth-order valence-electron chi connectivity index (χ4n) is 3.52. The minimum Gasteiger partial charge on any atom is -0.460 e. The van der Waals surface area contributed by atoms with Gasteiger partial charge in [-0.15, -0.1) is 0 Å². The first-order chi connectivity index (χ1) is 8.70. The third kappa shape index (κ3) is 1.73. The molecule has 0 amide bonds. The molecular formula is C13H16O5. The highest BCUT2D eigenvalue weighted by atomic mass is 16.6. The lowest BCUT2D eigenvalue weighted by molar-refractivity contribution is -0.148. The first kappa shape index (κ1) is 11.7. The van der Waals surface area contributed by atoms with Gasteiger partial charge in [-0.25, -0.2) is 4.79 Å². The molecule has 2 aliphatic carbocycles. The van der Waals surface area contributed by atoms with Gasteiger partial charge in [0, 0.05) is 12.0 Å². The van der Waals surface area contributed by atoms with Crippen LogP contribution in [-0.2, 0) is 23.8 Å². The highest BCUT2D eigenvalue weighted by molar-refractivity contribution is 5.81. The zero-order chi connectivity index (χ0) is 12.7. The number of fused-ring (bicyclic) bond motifs is 1. The van der Waals surface area contributed by atoms with Crippen LogP contribution in [0.15, 0.2) is 12.7 Å². The first-order valence-electron chi connectivity index (χ1n) is 6.32. The summed E-state index contributed by atoms with van der Waals surface area (Å²) < 4.78 is 15.9. The molecule has 3 aliphatic rings. The van der Waals surface area contributed by atoms with Gasteiger partial charge >= 0.3 is 11.9 Å². The molecule has 5 heteroatoms. The standard InChI is InChI=1S/C13H16O5/c1-2-10(14)16-3-4-17-11-7-5-8-9(6-7)13(15)18-12(8)11/h2,7-9,11-12H,1,3-6H2. The van der Waals surface area contributed by atoms with E-state index in [0.29, 0.717) is 18.4 Å². The molecule has 0 aromatic carbocycles. The first-order valence-corrected chi connectivity index (χ1v) is 6.32. The van der Waals surface area contributed by atoms with E-state index in [2.05, 4.69) is 6.58 Å². The molecule has 1 aliphatic heterocycles. The third-order valence-electron chi connectivity index (χ3n) is 4.22. The number of esters is 2. The number of hydrogen-bond acceptors (Lipinski definition) is 5. The highest BCUT2D eigenvalue weighted by Crippen LogP contribution is 2.55. The van der Waals surface area contributed by atoms with E-state index < -0.39 is 5.97 Å². The van der Waals surface area contributed by atoms with E-state index in [0.717, 1.165) is 18.9 Å². The van der Waals surface area contributed by atoms with Crippen LogP contribution in [0.4, 0.5) is 0 Å². The molecule has 2 bridgehead atoms. The van der Waals surface area contributed by atoms with Gasteiger partial charge in [-0.2, -0.15) is 0 Å². The van der Waals surface area contributed by atoms with Crippen molar-refractivity contribution in [2.24, 2.45) is 17.8 Å². The van der Waals surface area contributed by atoms with E-state index in [-0.39, 0.29) is 30.7 Å². The smallest absolute Gasteiger partial charge is 0.330 e. The monoisotopic (exact) mass is 252 g/mol. The summed E-state index contributed by atoms with van der Waals surface area (Å²) in [6.45, 7) is 3.86. The van der Waals surface area contributed by atoms with Crippen LogP contribution in [0.5, 0.6) is 0 Å². The second kappa shape index (κ2) is 4.39. The average Bonchev–Trinajstić information content (AvgIpc) is 2.97. The van der Waals surface area contributed by atoms with Gasteiger partial charge in [0.25, 0.3) is 0 Å². The van der Waals surface area contributed by atoms with Gasteiger partial charge in [0.2, 0.25) is 0 Å². The molecule has 5 atom stereocenters. The van der Waals surface area contributed by atoms with Gasteiger partial charge in [0.05, 0.1) is 18.6 Å². The predicted molar refractivity (Wildman–Crippen MR) is 60.5 cm³/mol. The summed E-state index contributed by atoms with van der Waals surface area (Å²) >= 11 is 0. The zero-order valence-electron chi connectivity index (χ0n) is 10.0. The van der Waals surface area contributed by atoms with Gasteiger partial charge in [0.1, 0.15) is 12.7 Å². The summed E-state index contributed by atoms with van der Waals surface area (Å²) in [5.41, 5.74) is 0. The Bertz CT molecular complexity index is 391. The summed E-state index contributed by atoms with van der Waals surface area (Å²) in [5.74, 6) is 0.379. The van der Waals surface area contributed by atoms with Crippen LogP contribution >= 0.6 is 0 Å². The molecule has 1 saturated heterocycles. The van der Waals surface area contributed by atoms with E-state index in [9.17, 15) is 9.59 Å². The summed E-state index contributed by atoms with van der Waals surface area (Å²) in [6.07, 6.45) is 2.95. The maximum absolute atomic E-state index is 11.5. The lowest BCUT2D eigenvalue weighted by Gasteiger charge is -2.25. The Balaban J connectivity index is 1.49. The molecule has 1 heterocycles. The van der Waals surface area contributed by atoms with Crippen molar-refractivity contribution in [1.29, 1.82) is 0 Å². The molecule has 0 radical (unpaired) electrons. The van der Waals surface area contributed by atoms with Gasteiger partial charge in [-0.05, 0) is 18.8 Å². The van der Waals surface area contributed by atoms with Gasteiger partial charge in [-0.3, -0.25) is 4.79 Å². The number of carbonyl (C=O) groups excluding carboxylic acids is 2. The van der Waals surface area contributed by atoms with Crippen molar-refractivity contribution in [1.82, 2.24) is 0 Å². The molecule has 3 fully saturated rings. The van der Waals surface area contributed by atoms with Crippen LogP contribution in [0, 0.1) is 17.8 Å². The highest BCUT2D eigenvalue weighted by Gasteiger charge is 2.62. The third-order valence-corrected chi connectivity index (χ3v) is 4.22. The van der Waals surface area contributed by atoms with E-state index >= 15 is 0 Å². The van der Waals surface area contributed by atoms with E-state index in [1.807, 2.05) is 0 Å². The largest absolute Gasteiger partial charge is 0.460 e. The van der Waals surface area contributed by atoms with Crippen molar-refractivity contribution in [3.8, 4) is 0 Å². The quantitative estimate of drug-likeness (QED) is 0.409. The Morgan fingerprint density at radius 3 is 3.06 bits per heavy atom. The van der Waals surface area contributed by atoms with E-state index in [4.69, 9.17) is 14.2 Å². The van der Waals surface area contributed by atoms with Crippen LogP contribution in [0.3, 0.4) is 0 Å². The van der Waals surface area contributed by atoms with Crippen molar-refractivity contribution in [3.63, 3.8) is 0 Å². The topological polar surface area (TPSA) is 61.8 Å². The zero-order valence-corrected chi connectivity index (χ0v) is 10.0. The van der Waals surface area contributed by atoms with Gasteiger partial charge in [-0.1, -0.05) is 6.58 Å². The van der Waals surface area contributed by atoms with Crippen molar-refractivity contribution >= 4 is 11.9 Å². The van der Waals surface area contributed by atoms with Crippen molar-refractivity contribution in [2.75, 3.05) is 13.2 Å². The summed E-state index contributed by atoms with van der Waals surface area (Å²) in [7, 11) is 0. The van der Waals surface area contributed by atoms with Crippen LogP contribution < -0.4 is 0 Å². The fraction of sp³-hybridized carbons (Fsp3) is 0.692. The second-order valence-corrected chi connectivity index (χ2v) is 5.11. The van der Waals surface area contributed by atoms with Crippen molar-refractivity contribution < 1.29 is 23.8 Å². The van der Waals surface area contributed by atoms with Crippen molar-refractivity contribution in [2.45, 2.75) is 25.0 Å². The molecular weight excluding hydrogens is 236 g/mol. The Morgan fingerprint density at radius 1 is 1.44 bits per heavy atom. The second-order valence-electron chi connectivity index (χ2n) is 5.11. The number of hydrogen-bond donors (Lipinski definition) is 0. The fourth-order valence-corrected chi connectivity index (χ4v) is 3.52. The van der Waals surface area contributed by atoms with Gasteiger partial charge in [0.15, 0.2) is 0 Å². The number of rotatable bonds is 5. The lowest BCUT2D eigenvalue weighted by Crippen LogP contribution is -2.35. The molecule has 0 aromatic heterocycles. The molecule has 0 spiro atoms. The Labute approximate surface area is 105 Å². The molecule has 3 rings (SSSR count). The number of ether oxygens (including phenoxy) is 3. The SMILES string of the molecule is C=CC(=O)OCCOC1C2CC3C(=O)OC1C3C2. The lowest BCUT2D eigenvalue weighted by atomic mass is 9.88. The maximum Gasteiger partial charge on any atom is 0.330 e. The minimum absolute atomic E-state index is 0.0138. The van der Waals surface area contributed by atoms with E-state index in [1.165, 1.54) is 0 Å². The van der Waals surface area contributed by atoms with Crippen LogP contribution in [0.1, 0.15) is 12.8 Å². The van der Waals surface area contributed by atoms with Crippen LogP contribution in [0.25, 0.3) is 0 Å². The normalized spacial score (nSPS) is 39.8. The van der Waals surface area contributed by atoms with E-state index in [1.54, 1.807) is 0 Å². The van der Waals surface area contributed by atoms with Crippen LogP contribution in [0.2, 0.25) is 0 Å². The summed E-state index contributed by atoms with van der Waals surface area (Å²) in [6, 6.07) is 0. The molecule has 2 saturated carbocycles. The molecule has 0 aromatic rings. The molecule has 5 nitrogen and oxygen atoms in total. The Morgan fingerprint density at radius 2 is 2.28 bits per heavy atom. The van der Waals surface area contributed by atoms with Crippen LogP contribution in [-0.4, -0.2) is 37.4 Å². The summed E-state index contributed by atoms with van der Waals surface area (Å²) in [5, 5.41) is 0. The summed E-state index contributed by atoms with van der Waals surface area (Å²) in [4.78, 5) is 22.4. The average molecular weight is 252 g/mol. The molecule has 5 unspecified atom stereocenters. The maximum atomic E-state index is 11.5. The van der Waals surface area contributed by atoms with Gasteiger partial charge < -0.3 is 14.2 Å². The minimum atomic E-state index is -0.445. The Hall–Kier alpha value is -1.36. The molecule has 18 heavy (non-hydrogen) atoms. The van der Waals surface area contributed by atoms with Crippen molar-refractivity contribution in [3.05, 3.63) is 12.7 Å². The molecule has 0 N–H and O–H groups in total. The Kier molecular flexibility index (Phi) is 2.86.